The predicted molar refractivity (Wildman–Crippen MR) is 57.4 cm³/mol. The number of hydrogen-bond acceptors (Lipinski definition) is 1. The Morgan fingerprint density at radius 2 is 2.00 bits per heavy atom. The molecule has 0 saturated carbocycles. The molecule has 0 spiro atoms. The second kappa shape index (κ2) is 3.05. The molecule has 80 valence electrons. The molecule has 15 heavy (non-hydrogen) atoms. The van der Waals surface area contributed by atoms with Crippen molar-refractivity contribution in [3.8, 4) is 0 Å². The Bertz CT molecular complexity index is 432. The summed E-state index contributed by atoms with van der Waals surface area (Å²) in [4.78, 5) is 11.1. The van der Waals surface area contributed by atoms with E-state index in [0.29, 0.717) is 5.69 Å². The summed E-state index contributed by atoms with van der Waals surface area (Å²) in [6.45, 7) is 6.08. The van der Waals surface area contributed by atoms with E-state index in [9.17, 15) is 9.18 Å². The number of rotatable bonds is 0. The standard InChI is InChI=1S/C12H14FNO/c1-12(2,3)8-4-7-5-10(15)14-11(7)9(13)6-8/h4,6H,5H2,1-3H3,(H,14,15). The van der Waals surface area contributed by atoms with E-state index in [0.717, 1.165) is 11.1 Å². The van der Waals surface area contributed by atoms with Gasteiger partial charge in [-0.1, -0.05) is 26.8 Å². The van der Waals surface area contributed by atoms with Crippen molar-refractivity contribution in [2.24, 2.45) is 0 Å². The Morgan fingerprint density at radius 1 is 1.33 bits per heavy atom. The fraction of sp³-hybridized carbons (Fsp3) is 0.417. The molecule has 1 aromatic rings. The number of fused-ring (bicyclic) bond motifs is 1. The highest BCUT2D eigenvalue weighted by Crippen LogP contribution is 2.32. The molecule has 1 N–H and O–H groups in total. The lowest BCUT2D eigenvalue weighted by Gasteiger charge is -2.20. The third-order valence-electron chi connectivity index (χ3n) is 2.65. The van der Waals surface area contributed by atoms with Crippen LogP contribution < -0.4 is 5.32 Å². The molecule has 2 rings (SSSR count). The van der Waals surface area contributed by atoms with E-state index in [1.54, 1.807) is 0 Å². The molecule has 0 radical (unpaired) electrons. The van der Waals surface area contributed by atoms with E-state index >= 15 is 0 Å². The molecule has 0 bridgehead atoms. The Kier molecular flexibility index (Phi) is 2.07. The van der Waals surface area contributed by atoms with Crippen molar-refractivity contribution in [3.63, 3.8) is 0 Å². The molecule has 0 fully saturated rings. The Hall–Kier alpha value is -1.38. The molecule has 0 atom stereocenters. The minimum Gasteiger partial charge on any atom is -0.323 e. The molecule has 0 aliphatic carbocycles. The summed E-state index contributed by atoms with van der Waals surface area (Å²) in [6, 6.07) is 3.42. The Labute approximate surface area is 88.5 Å². The molecule has 1 aliphatic heterocycles. The van der Waals surface area contributed by atoms with Gasteiger partial charge < -0.3 is 5.32 Å². The normalized spacial score (nSPS) is 15.1. The van der Waals surface area contributed by atoms with Gasteiger partial charge in [-0.15, -0.1) is 0 Å². The van der Waals surface area contributed by atoms with Gasteiger partial charge in [0.05, 0.1) is 12.1 Å². The molecule has 1 aliphatic rings. The van der Waals surface area contributed by atoms with Crippen LogP contribution in [0.1, 0.15) is 31.9 Å². The van der Waals surface area contributed by atoms with Crippen LogP contribution in [0.25, 0.3) is 0 Å². The second-order valence-electron chi connectivity index (χ2n) is 4.97. The van der Waals surface area contributed by atoms with Crippen molar-refractivity contribution in [2.75, 3.05) is 5.32 Å². The summed E-state index contributed by atoms with van der Waals surface area (Å²) in [7, 11) is 0. The number of hydrogen-bond donors (Lipinski definition) is 1. The Balaban J connectivity index is 2.54. The van der Waals surface area contributed by atoms with Gasteiger partial charge in [-0.25, -0.2) is 4.39 Å². The highest BCUT2D eigenvalue weighted by Gasteiger charge is 2.24. The van der Waals surface area contributed by atoms with Gasteiger partial charge in [-0.3, -0.25) is 4.79 Å². The van der Waals surface area contributed by atoms with Crippen molar-refractivity contribution in [1.29, 1.82) is 0 Å². The van der Waals surface area contributed by atoms with E-state index in [1.165, 1.54) is 6.07 Å². The van der Waals surface area contributed by atoms with E-state index in [2.05, 4.69) is 5.32 Å². The average Bonchev–Trinajstić information content (AvgIpc) is 2.44. The first-order valence-electron chi connectivity index (χ1n) is 5.00. The first-order chi connectivity index (χ1) is 6.88. The smallest absolute Gasteiger partial charge is 0.228 e. The van der Waals surface area contributed by atoms with Crippen molar-refractivity contribution in [2.45, 2.75) is 32.6 Å². The Morgan fingerprint density at radius 3 is 2.60 bits per heavy atom. The molecule has 1 aromatic carbocycles. The van der Waals surface area contributed by atoms with Crippen LogP contribution in [0.5, 0.6) is 0 Å². The van der Waals surface area contributed by atoms with Crippen LogP contribution in [0.15, 0.2) is 12.1 Å². The summed E-state index contributed by atoms with van der Waals surface area (Å²) in [5.41, 5.74) is 1.95. The predicted octanol–water partition coefficient (Wildman–Crippen LogP) is 2.62. The zero-order valence-electron chi connectivity index (χ0n) is 9.15. The molecular formula is C12H14FNO. The summed E-state index contributed by atoms with van der Waals surface area (Å²) < 4.78 is 13.6. The molecule has 2 nitrogen and oxygen atoms in total. The van der Waals surface area contributed by atoms with Crippen molar-refractivity contribution < 1.29 is 9.18 Å². The molecule has 1 amide bonds. The monoisotopic (exact) mass is 207 g/mol. The number of benzene rings is 1. The highest BCUT2D eigenvalue weighted by atomic mass is 19.1. The van der Waals surface area contributed by atoms with Gasteiger partial charge in [-0.2, -0.15) is 0 Å². The molecule has 0 unspecified atom stereocenters. The maximum atomic E-state index is 13.6. The summed E-state index contributed by atoms with van der Waals surface area (Å²) in [5.74, 6) is -0.460. The molecular weight excluding hydrogens is 193 g/mol. The third kappa shape index (κ3) is 1.74. The van der Waals surface area contributed by atoms with Crippen LogP contribution in [0, 0.1) is 5.82 Å². The van der Waals surface area contributed by atoms with Crippen LogP contribution in [-0.4, -0.2) is 5.91 Å². The summed E-state index contributed by atoms with van der Waals surface area (Å²) >= 11 is 0. The van der Waals surface area contributed by atoms with E-state index in [-0.39, 0.29) is 23.6 Å². The number of nitrogens with one attached hydrogen (secondary N) is 1. The van der Waals surface area contributed by atoms with E-state index in [4.69, 9.17) is 0 Å². The lowest BCUT2D eigenvalue weighted by molar-refractivity contribution is -0.115. The summed E-state index contributed by atoms with van der Waals surface area (Å²) in [6.07, 6.45) is 0.288. The van der Waals surface area contributed by atoms with Gasteiger partial charge in [0.25, 0.3) is 0 Å². The van der Waals surface area contributed by atoms with E-state index < -0.39 is 0 Å². The first kappa shape index (κ1) is 10.1. The van der Waals surface area contributed by atoms with Gasteiger partial charge in [0, 0.05) is 0 Å². The van der Waals surface area contributed by atoms with E-state index in [1.807, 2.05) is 26.8 Å². The van der Waals surface area contributed by atoms with Crippen LogP contribution in [-0.2, 0) is 16.6 Å². The largest absolute Gasteiger partial charge is 0.323 e. The maximum Gasteiger partial charge on any atom is 0.228 e. The first-order valence-corrected chi connectivity index (χ1v) is 5.00. The number of carbonyl (C=O) groups excluding carboxylic acids is 1. The molecule has 0 saturated heterocycles. The molecule has 0 aromatic heterocycles. The fourth-order valence-corrected chi connectivity index (χ4v) is 1.73. The highest BCUT2D eigenvalue weighted by molar-refractivity contribution is 5.99. The SMILES string of the molecule is CC(C)(C)c1cc(F)c2c(c1)CC(=O)N2. The number of halogens is 1. The minimum absolute atomic E-state index is 0.0957. The van der Waals surface area contributed by atoms with Gasteiger partial charge in [0.15, 0.2) is 0 Å². The zero-order chi connectivity index (χ0) is 11.2. The van der Waals surface area contributed by atoms with Gasteiger partial charge in [0.1, 0.15) is 5.82 Å². The van der Waals surface area contributed by atoms with Crippen LogP contribution in [0.2, 0.25) is 0 Å². The van der Waals surface area contributed by atoms with Gasteiger partial charge in [-0.05, 0) is 22.6 Å². The summed E-state index contributed by atoms with van der Waals surface area (Å²) in [5, 5.41) is 2.53. The van der Waals surface area contributed by atoms with Crippen molar-refractivity contribution in [1.82, 2.24) is 0 Å². The molecule has 1 heterocycles. The van der Waals surface area contributed by atoms with Crippen LogP contribution in [0.3, 0.4) is 0 Å². The van der Waals surface area contributed by atoms with Crippen LogP contribution in [0.4, 0.5) is 10.1 Å². The maximum absolute atomic E-state index is 13.6. The quantitative estimate of drug-likeness (QED) is 0.696. The fourth-order valence-electron chi connectivity index (χ4n) is 1.73. The van der Waals surface area contributed by atoms with Gasteiger partial charge in [0.2, 0.25) is 5.91 Å². The third-order valence-corrected chi connectivity index (χ3v) is 2.65. The zero-order valence-corrected chi connectivity index (χ0v) is 9.15. The number of carbonyl (C=O) groups is 1. The lowest BCUT2D eigenvalue weighted by Crippen LogP contribution is -2.12. The number of amides is 1. The number of anilines is 1. The lowest BCUT2D eigenvalue weighted by atomic mass is 9.85. The van der Waals surface area contributed by atoms with Crippen molar-refractivity contribution in [3.05, 3.63) is 29.1 Å². The van der Waals surface area contributed by atoms with Gasteiger partial charge >= 0.3 is 0 Å². The average molecular weight is 207 g/mol. The second-order valence-corrected chi connectivity index (χ2v) is 4.97. The minimum atomic E-state index is -0.330. The molecule has 3 heteroatoms. The van der Waals surface area contributed by atoms with Crippen molar-refractivity contribution >= 4 is 11.6 Å². The topological polar surface area (TPSA) is 29.1 Å². The van der Waals surface area contributed by atoms with Crippen LogP contribution >= 0.6 is 0 Å².